The summed E-state index contributed by atoms with van der Waals surface area (Å²) in [4.78, 5) is 46.6. The van der Waals surface area contributed by atoms with Crippen LogP contribution in [0.1, 0.15) is 33.2 Å². The summed E-state index contributed by atoms with van der Waals surface area (Å²) in [6, 6.07) is 22.3. The second kappa shape index (κ2) is 10.3. The zero-order valence-corrected chi connectivity index (χ0v) is 20.9. The molecule has 0 atom stereocenters. The molecule has 0 bridgehead atoms. The van der Waals surface area contributed by atoms with Crippen molar-refractivity contribution in [3.8, 4) is 0 Å². The smallest absolute Gasteiger partial charge is 0.337 e. The highest BCUT2D eigenvalue weighted by atomic mass is 16.5. The van der Waals surface area contributed by atoms with Gasteiger partial charge in [-0.3, -0.25) is 14.2 Å². The quantitative estimate of drug-likeness (QED) is 0.297. The van der Waals surface area contributed by atoms with Crippen LogP contribution in [0.2, 0.25) is 0 Å². The molecule has 0 unspecified atom stereocenters. The Balaban J connectivity index is 1.49. The van der Waals surface area contributed by atoms with E-state index in [1.807, 2.05) is 54.6 Å². The Kier molecular flexibility index (Phi) is 6.72. The molecule has 5 rings (SSSR count). The first-order valence-corrected chi connectivity index (χ1v) is 12.2. The molecule has 37 heavy (non-hydrogen) atoms. The van der Waals surface area contributed by atoms with E-state index < -0.39 is 5.97 Å². The number of Topliss-reactive ketones (excluding diaryl/α,β-unsaturated/α-hetero) is 1. The van der Waals surface area contributed by atoms with Crippen molar-refractivity contribution in [2.75, 3.05) is 43.1 Å². The maximum absolute atomic E-state index is 13.7. The predicted octanol–water partition coefficient (Wildman–Crippen LogP) is 3.76. The summed E-state index contributed by atoms with van der Waals surface area (Å²) in [7, 11) is 1.33. The second-order valence-electron chi connectivity index (χ2n) is 9.09. The van der Waals surface area contributed by atoms with Gasteiger partial charge in [-0.25, -0.2) is 9.78 Å². The number of esters is 1. The van der Waals surface area contributed by atoms with Gasteiger partial charge in [-0.15, -0.1) is 0 Å². The van der Waals surface area contributed by atoms with Crippen LogP contribution in [0, 0.1) is 0 Å². The first-order valence-electron chi connectivity index (χ1n) is 12.2. The minimum Gasteiger partial charge on any atom is -0.465 e. The third kappa shape index (κ3) is 4.95. The number of nitrogens with zero attached hydrogens (tertiary/aromatic N) is 4. The lowest BCUT2D eigenvalue weighted by Crippen LogP contribution is -2.48. The zero-order valence-electron chi connectivity index (χ0n) is 20.9. The van der Waals surface area contributed by atoms with Gasteiger partial charge in [-0.2, -0.15) is 0 Å². The summed E-state index contributed by atoms with van der Waals surface area (Å²) >= 11 is 0. The number of piperazine rings is 1. The fourth-order valence-electron chi connectivity index (χ4n) is 4.68. The summed E-state index contributed by atoms with van der Waals surface area (Å²) in [5.74, 6) is 0.156. The van der Waals surface area contributed by atoms with E-state index in [1.54, 1.807) is 29.7 Å². The first-order chi connectivity index (χ1) is 17.9. The maximum Gasteiger partial charge on any atom is 0.337 e. The van der Waals surface area contributed by atoms with Gasteiger partial charge in [-0.1, -0.05) is 30.3 Å². The molecule has 1 aromatic heterocycles. The van der Waals surface area contributed by atoms with Crippen molar-refractivity contribution in [1.82, 2.24) is 9.55 Å². The number of aromatic nitrogens is 2. The van der Waals surface area contributed by atoms with E-state index >= 15 is 0 Å². The third-order valence-electron chi connectivity index (χ3n) is 6.74. The van der Waals surface area contributed by atoms with E-state index in [2.05, 4.69) is 9.80 Å². The molecule has 1 aliphatic heterocycles. The molecule has 188 valence electrons. The molecule has 0 N–H and O–H groups in total. The van der Waals surface area contributed by atoms with Gasteiger partial charge in [0.2, 0.25) is 5.95 Å². The largest absolute Gasteiger partial charge is 0.465 e. The Morgan fingerprint density at radius 1 is 0.865 bits per heavy atom. The van der Waals surface area contributed by atoms with Crippen LogP contribution in [0.15, 0.2) is 77.6 Å². The van der Waals surface area contributed by atoms with E-state index in [9.17, 15) is 14.4 Å². The van der Waals surface area contributed by atoms with Gasteiger partial charge in [0.25, 0.3) is 5.56 Å². The number of hydrogen-bond acceptors (Lipinski definition) is 7. The van der Waals surface area contributed by atoms with Gasteiger partial charge < -0.3 is 14.5 Å². The molecule has 3 aromatic carbocycles. The van der Waals surface area contributed by atoms with Gasteiger partial charge in [0.05, 0.1) is 30.1 Å². The monoisotopic (exact) mass is 496 g/mol. The minimum atomic E-state index is -0.469. The van der Waals surface area contributed by atoms with Crippen LogP contribution in [0.3, 0.4) is 0 Å². The third-order valence-corrected chi connectivity index (χ3v) is 6.74. The molecule has 2 heterocycles. The molecule has 1 saturated heterocycles. The number of benzene rings is 3. The molecule has 0 radical (unpaired) electrons. The minimum absolute atomic E-state index is 0.0468. The van der Waals surface area contributed by atoms with E-state index in [0.717, 1.165) is 24.3 Å². The molecular formula is C29H28N4O4. The molecule has 8 heteroatoms. The number of fused-ring (bicyclic) bond motifs is 1. The lowest BCUT2D eigenvalue weighted by molar-refractivity contribution is 0.0600. The van der Waals surface area contributed by atoms with Gasteiger partial charge in [0, 0.05) is 37.4 Å². The van der Waals surface area contributed by atoms with Crippen molar-refractivity contribution in [3.05, 3.63) is 99.8 Å². The van der Waals surface area contributed by atoms with Crippen molar-refractivity contribution in [3.63, 3.8) is 0 Å². The van der Waals surface area contributed by atoms with Gasteiger partial charge in [-0.05, 0) is 55.0 Å². The number of ether oxygens (including phenoxy) is 1. The van der Waals surface area contributed by atoms with Crippen LogP contribution < -0.4 is 15.4 Å². The van der Waals surface area contributed by atoms with Crippen LogP contribution in [-0.2, 0) is 11.3 Å². The molecule has 0 saturated carbocycles. The standard InChI is InChI=1S/C29H28N4O4/c1-20(34)22-8-11-24(12-9-22)31-14-16-32(17-15-31)29-30-26-18-23(28(36)37-2)10-13-25(26)27(35)33(29)19-21-6-4-3-5-7-21/h3-13,18H,14-17,19H2,1-2H3. The molecular weight excluding hydrogens is 468 g/mol. The predicted molar refractivity (Wildman–Crippen MR) is 144 cm³/mol. The Hall–Kier alpha value is -4.46. The molecule has 0 amide bonds. The summed E-state index contributed by atoms with van der Waals surface area (Å²) in [6.07, 6.45) is 0. The van der Waals surface area contributed by atoms with Crippen molar-refractivity contribution in [1.29, 1.82) is 0 Å². The fraction of sp³-hybridized carbons (Fsp3) is 0.241. The van der Waals surface area contributed by atoms with E-state index in [4.69, 9.17) is 9.72 Å². The fourth-order valence-corrected chi connectivity index (χ4v) is 4.68. The number of rotatable bonds is 6. The molecule has 8 nitrogen and oxygen atoms in total. The molecule has 1 fully saturated rings. The second-order valence-corrected chi connectivity index (χ2v) is 9.09. The number of carbonyl (C=O) groups is 2. The van der Waals surface area contributed by atoms with Gasteiger partial charge >= 0.3 is 5.97 Å². The Morgan fingerprint density at radius 3 is 2.16 bits per heavy atom. The summed E-state index contributed by atoms with van der Waals surface area (Å²) in [5, 5.41) is 0.455. The van der Waals surface area contributed by atoms with E-state index in [0.29, 0.717) is 47.6 Å². The Morgan fingerprint density at radius 2 is 1.51 bits per heavy atom. The average Bonchev–Trinajstić information content (AvgIpc) is 2.94. The topological polar surface area (TPSA) is 84.7 Å². The maximum atomic E-state index is 13.7. The van der Waals surface area contributed by atoms with Crippen molar-refractivity contribution >= 4 is 34.3 Å². The summed E-state index contributed by atoms with van der Waals surface area (Å²) < 4.78 is 6.57. The highest BCUT2D eigenvalue weighted by Crippen LogP contribution is 2.23. The van der Waals surface area contributed by atoms with E-state index in [1.165, 1.54) is 7.11 Å². The Bertz CT molecular complexity index is 1510. The first kappa shape index (κ1) is 24.2. The lowest BCUT2D eigenvalue weighted by Gasteiger charge is -2.37. The van der Waals surface area contributed by atoms with Crippen molar-refractivity contribution in [2.24, 2.45) is 0 Å². The highest BCUT2D eigenvalue weighted by molar-refractivity contribution is 5.95. The van der Waals surface area contributed by atoms with Crippen LogP contribution in [0.4, 0.5) is 11.6 Å². The molecule has 0 aliphatic carbocycles. The van der Waals surface area contributed by atoms with Crippen molar-refractivity contribution in [2.45, 2.75) is 13.5 Å². The van der Waals surface area contributed by atoms with E-state index in [-0.39, 0.29) is 11.3 Å². The number of hydrogen-bond donors (Lipinski definition) is 0. The van der Waals surface area contributed by atoms with Gasteiger partial charge in [0.1, 0.15) is 0 Å². The Labute approximate surface area is 214 Å². The molecule has 4 aromatic rings. The number of ketones is 1. The van der Waals surface area contributed by atoms with Gasteiger partial charge in [0.15, 0.2) is 5.78 Å². The normalized spacial score (nSPS) is 13.6. The highest BCUT2D eigenvalue weighted by Gasteiger charge is 2.23. The average molecular weight is 497 g/mol. The summed E-state index contributed by atoms with van der Waals surface area (Å²) in [6.45, 7) is 4.76. The molecule has 1 aliphatic rings. The van der Waals surface area contributed by atoms with Crippen LogP contribution in [0.5, 0.6) is 0 Å². The van der Waals surface area contributed by atoms with Crippen LogP contribution in [0.25, 0.3) is 10.9 Å². The number of anilines is 2. The molecule has 0 spiro atoms. The number of carbonyl (C=O) groups excluding carboxylic acids is 2. The number of methoxy groups -OCH3 is 1. The van der Waals surface area contributed by atoms with Crippen LogP contribution in [-0.4, -0.2) is 54.6 Å². The summed E-state index contributed by atoms with van der Waals surface area (Å²) in [5.41, 5.74) is 3.42. The SMILES string of the molecule is COC(=O)c1ccc2c(=O)n(Cc3ccccc3)c(N3CCN(c4ccc(C(C)=O)cc4)CC3)nc2c1. The van der Waals surface area contributed by atoms with Crippen molar-refractivity contribution < 1.29 is 14.3 Å². The zero-order chi connectivity index (χ0) is 25.9. The van der Waals surface area contributed by atoms with Crippen LogP contribution >= 0.6 is 0 Å². The lowest BCUT2D eigenvalue weighted by atomic mass is 10.1.